The van der Waals surface area contributed by atoms with Crippen LogP contribution in [-0.2, 0) is 26.2 Å². The van der Waals surface area contributed by atoms with E-state index in [4.69, 9.17) is 5.10 Å². The van der Waals surface area contributed by atoms with E-state index in [9.17, 15) is 27.7 Å². The van der Waals surface area contributed by atoms with Gasteiger partial charge in [0.05, 0.1) is 17.1 Å². The van der Waals surface area contributed by atoms with E-state index >= 15 is 0 Å². The first-order valence-electron chi connectivity index (χ1n) is 15.3. The van der Waals surface area contributed by atoms with E-state index in [2.05, 4.69) is 0 Å². The molecule has 4 aromatic rings. The first-order chi connectivity index (χ1) is 22.6. The molecule has 11 heteroatoms. The maximum atomic E-state index is 13.9. The van der Waals surface area contributed by atoms with Crippen LogP contribution >= 0.6 is 0 Å². The summed E-state index contributed by atoms with van der Waals surface area (Å²) in [5.74, 6) is -1.55. The second-order valence-corrected chi connectivity index (χ2v) is 13.8. The number of aromatic nitrogens is 2. The zero-order valence-corrected chi connectivity index (χ0v) is 26.7. The Balaban J connectivity index is 1.47. The van der Waals surface area contributed by atoms with Gasteiger partial charge in [-0.1, -0.05) is 49.4 Å². The molecule has 1 fully saturated rings. The molecular formula is C36H32FN5O4S. The Hall–Kier alpha value is -5.18. The van der Waals surface area contributed by atoms with Gasteiger partial charge in [-0.25, -0.2) is 17.5 Å². The van der Waals surface area contributed by atoms with Gasteiger partial charge in [0, 0.05) is 36.0 Å². The zero-order chi connectivity index (χ0) is 33.3. The predicted octanol–water partition coefficient (Wildman–Crippen LogP) is 5.89. The normalized spacial score (nSPS) is 18.6. The third-order valence-corrected chi connectivity index (χ3v) is 10.4. The lowest BCUT2D eigenvalue weighted by molar-refractivity contribution is -0.141. The number of rotatable bonds is 7. The first kappa shape index (κ1) is 31.8. The number of nitriles is 1. The fourth-order valence-corrected chi connectivity index (χ4v) is 7.59. The highest BCUT2D eigenvalue weighted by Crippen LogP contribution is 2.33. The van der Waals surface area contributed by atoms with Crippen LogP contribution < -0.4 is 0 Å². The molecule has 6 rings (SSSR count). The number of carbonyl (C=O) groups is 2. The topological polar surface area (TPSA) is 116 Å². The van der Waals surface area contributed by atoms with Gasteiger partial charge in [-0.05, 0) is 79.3 Å². The van der Waals surface area contributed by atoms with Crippen LogP contribution in [0, 0.1) is 23.1 Å². The van der Waals surface area contributed by atoms with Crippen molar-refractivity contribution in [3.05, 3.63) is 119 Å². The van der Waals surface area contributed by atoms with E-state index in [1.54, 1.807) is 48.1 Å². The summed E-state index contributed by atoms with van der Waals surface area (Å²) >= 11 is 0. The number of hydrogen-bond donors (Lipinski definition) is 0. The molecule has 9 nitrogen and oxygen atoms in total. The van der Waals surface area contributed by atoms with Gasteiger partial charge >= 0.3 is 0 Å². The SMILES string of the molecule is CC1=C(C#N)C(=O)N(Cc2ccc(F)cc2)C(=O)/C1=C/c1cn(-c2ccccc2)nc1-c1cccc(S(=O)(=O)N2CCCC(C)C2)c1. The molecule has 47 heavy (non-hydrogen) atoms. The maximum absolute atomic E-state index is 13.9. The van der Waals surface area contributed by atoms with Gasteiger partial charge < -0.3 is 0 Å². The van der Waals surface area contributed by atoms with Gasteiger partial charge in [-0.2, -0.15) is 14.7 Å². The quantitative estimate of drug-likeness (QED) is 0.182. The summed E-state index contributed by atoms with van der Waals surface area (Å²) in [7, 11) is -3.77. The van der Waals surface area contributed by atoms with Crippen molar-refractivity contribution in [2.75, 3.05) is 13.1 Å². The molecule has 3 heterocycles. The number of halogens is 1. The Morgan fingerprint density at radius 2 is 1.77 bits per heavy atom. The Labute approximate surface area is 272 Å². The summed E-state index contributed by atoms with van der Waals surface area (Å²) in [6.45, 7) is 4.35. The molecule has 2 aliphatic heterocycles. The lowest BCUT2D eigenvalue weighted by atomic mass is 9.93. The van der Waals surface area contributed by atoms with Crippen LogP contribution in [0.4, 0.5) is 4.39 Å². The molecule has 0 spiro atoms. The molecule has 2 aliphatic rings. The van der Waals surface area contributed by atoms with Crippen molar-refractivity contribution >= 4 is 27.9 Å². The van der Waals surface area contributed by atoms with E-state index in [1.807, 2.05) is 43.3 Å². The number of benzene rings is 3. The van der Waals surface area contributed by atoms with Crippen molar-refractivity contribution < 1.29 is 22.4 Å². The Kier molecular flexibility index (Phi) is 8.73. The van der Waals surface area contributed by atoms with Crippen molar-refractivity contribution in [1.82, 2.24) is 19.0 Å². The van der Waals surface area contributed by atoms with Gasteiger partial charge in [-0.3, -0.25) is 14.5 Å². The summed E-state index contributed by atoms with van der Waals surface area (Å²) in [6, 6.07) is 23.3. The summed E-state index contributed by atoms with van der Waals surface area (Å²) in [5, 5.41) is 14.7. The second-order valence-electron chi connectivity index (χ2n) is 11.8. The van der Waals surface area contributed by atoms with Crippen LogP contribution in [-0.4, -0.2) is 52.3 Å². The molecule has 0 radical (unpaired) electrons. The monoisotopic (exact) mass is 649 g/mol. The number of hydrogen-bond acceptors (Lipinski definition) is 6. The lowest BCUT2D eigenvalue weighted by Gasteiger charge is -2.30. The standard InChI is InChI=1S/C36H32FN5O4S/c1-24-8-7-17-40(21-24)47(45,46)31-12-6-9-27(18-31)34-28(23-42(39-34)30-10-4-3-5-11-30)19-32-25(2)33(20-38)36(44)41(35(32)43)22-26-13-15-29(37)16-14-26/h3-6,9-16,18-19,23-24H,7-8,17,21-22H2,1-2H3/b32-19+. The maximum Gasteiger partial charge on any atom is 0.271 e. The fourth-order valence-electron chi connectivity index (χ4n) is 5.95. The summed E-state index contributed by atoms with van der Waals surface area (Å²) in [6.07, 6.45) is 5.08. The van der Waals surface area contributed by atoms with Crippen LogP contribution in [0.25, 0.3) is 23.0 Å². The molecule has 1 aromatic heterocycles. The number of amides is 2. The van der Waals surface area contributed by atoms with Crippen LogP contribution in [0.15, 0.2) is 107 Å². The van der Waals surface area contributed by atoms with Gasteiger partial charge in [0.15, 0.2) is 0 Å². The molecule has 0 saturated carbocycles. The first-order valence-corrected chi connectivity index (χ1v) is 16.7. The van der Waals surface area contributed by atoms with Crippen LogP contribution in [0.3, 0.4) is 0 Å². The van der Waals surface area contributed by atoms with Crippen molar-refractivity contribution in [3.63, 3.8) is 0 Å². The van der Waals surface area contributed by atoms with E-state index < -0.39 is 27.7 Å². The third kappa shape index (κ3) is 6.30. The molecule has 0 N–H and O–H groups in total. The highest BCUT2D eigenvalue weighted by atomic mass is 32.2. The van der Waals surface area contributed by atoms with Crippen molar-refractivity contribution in [2.45, 2.75) is 38.1 Å². The lowest BCUT2D eigenvalue weighted by Crippen LogP contribution is -2.42. The highest BCUT2D eigenvalue weighted by molar-refractivity contribution is 7.89. The number of carbonyl (C=O) groups excluding carboxylic acids is 2. The molecule has 1 saturated heterocycles. The van der Waals surface area contributed by atoms with Crippen LogP contribution in [0.1, 0.15) is 37.8 Å². The number of nitrogens with zero attached hydrogens (tertiary/aromatic N) is 5. The van der Waals surface area contributed by atoms with E-state index in [-0.39, 0.29) is 34.1 Å². The largest absolute Gasteiger partial charge is 0.271 e. The van der Waals surface area contributed by atoms with Gasteiger partial charge in [-0.15, -0.1) is 0 Å². The zero-order valence-electron chi connectivity index (χ0n) is 25.9. The average molecular weight is 650 g/mol. The van der Waals surface area contributed by atoms with Crippen molar-refractivity contribution in [1.29, 1.82) is 5.26 Å². The molecule has 1 unspecified atom stereocenters. The minimum absolute atomic E-state index is 0.114. The summed E-state index contributed by atoms with van der Waals surface area (Å²) in [4.78, 5) is 28.3. The summed E-state index contributed by atoms with van der Waals surface area (Å²) in [5.41, 5.74) is 2.80. The summed E-state index contributed by atoms with van der Waals surface area (Å²) < 4.78 is 44.1. The Bertz CT molecular complexity index is 2080. The number of sulfonamides is 1. The van der Waals surface area contributed by atoms with Gasteiger partial charge in [0.1, 0.15) is 23.2 Å². The average Bonchev–Trinajstić information content (AvgIpc) is 3.51. The molecule has 238 valence electrons. The number of para-hydroxylation sites is 1. The van der Waals surface area contributed by atoms with Gasteiger partial charge in [0.2, 0.25) is 10.0 Å². The minimum atomic E-state index is -3.77. The van der Waals surface area contributed by atoms with Gasteiger partial charge in [0.25, 0.3) is 11.8 Å². The minimum Gasteiger partial charge on any atom is -0.269 e. The molecule has 0 aliphatic carbocycles. The number of imide groups is 1. The molecule has 0 bridgehead atoms. The highest BCUT2D eigenvalue weighted by Gasteiger charge is 2.36. The molecule has 1 atom stereocenters. The van der Waals surface area contributed by atoms with Crippen molar-refractivity contribution in [3.8, 4) is 23.0 Å². The molecule has 2 amide bonds. The van der Waals surface area contributed by atoms with Crippen molar-refractivity contribution in [2.24, 2.45) is 5.92 Å². The predicted molar refractivity (Wildman–Crippen MR) is 174 cm³/mol. The molecule has 3 aromatic carbocycles. The van der Waals surface area contributed by atoms with E-state index in [0.717, 1.165) is 23.4 Å². The number of piperidine rings is 1. The fraction of sp³-hybridized carbons (Fsp3) is 0.222. The van der Waals surface area contributed by atoms with Crippen LogP contribution in [0.5, 0.6) is 0 Å². The molecular weight excluding hydrogens is 617 g/mol. The Morgan fingerprint density at radius 1 is 1.02 bits per heavy atom. The van der Waals surface area contributed by atoms with E-state index in [1.165, 1.54) is 28.6 Å². The third-order valence-electron chi connectivity index (χ3n) is 8.51. The van der Waals surface area contributed by atoms with E-state index in [0.29, 0.717) is 35.5 Å². The second kappa shape index (κ2) is 12.9. The Morgan fingerprint density at radius 3 is 2.47 bits per heavy atom. The van der Waals surface area contributed by atoms with Crippen LogP contribution in [0.2, 0.25) is 0 Å². The smallest absolute Gasteiger partial charge is 0.269 e.